The number of hydrogen-bond donors (Lipinski definition) is 2. The maximum absolute atomic E-state index is 12.9. The maximum atomic E-state index is 12.9. The Morgan fingerprint density at radius 1 is 1.48 bits per heavy atom. The summed E-state index contributed by atoms with van der Waals surface area (Å²) in [4.78, 5) is 25.2. The molecule has 1 fully saturated rings. The summed E-state index contributed by atoms with van der Waals surface area (Å²) in [5.74, 6) is -0.888. The van der Waals surface area contributed by atoms with Crippen molar-refractivity contribution in [3.63, 3.8) is 0 Å². The molecular formula is C15H19F3N2O3. The molecule has 2 rings (SSSR count). The van der Waals surface area contributed by atoms with Crippen molar-refractivity contribution in [2.24, 2.45) is 0 Å². The summed E-state index contributed by atoms with van der Waals surface area (Å²) in [5.41, 5.74) is -3.06. The van der Waals surface area contributed by atoms with E-state index in [0.29, 0.717) is 6.07 Å². The second-order valence-corrected chi connectivity index (χ2v) is 6.22. The van der Waals surface area contributed by atoms with Crippen LogP contribution in [0, 0.1) is 0 Å². The van der Waals surface area contributed by atoms with Gasteiger partial charge in [0.1, 0.15) is 0 Å². The highest BCUT2D eigenvalue weighted by molar-refractivity contribution is 5.95. The average molecular weight is 332 g/mol. The number of H-pyrrole nitrogens is 1. The first kappa shape index (κ1) is 17.5. The molecule has 1 unspecified atom stereocenters. The molecule has 0 saturated carbocycles. The normalized spacial score (nSPS) is 21.0. The molecule has 2 heterocycles. The minimum atomic E-state index is -4.77. The summed E-state index contributed by atoms with van der Waals surface area (Å²) in [6.45, 7) is 3.99. The van der Waals surface area contributed by atoms with Crippen molar-refractivity contribution in [1.29, 1.82) is 0 Å². The molecule has 0 aromatic carbocycles. The quantitative estimate of drug-likeness (QED) is 0.893. The van der Waals surface area contributed by atoms with Crippen molar-refractivity contribution < 1.29 is 22.7 Å². The first-order valence-electron chi connectivity index (χ1n) is 7.34. The van der Waals surface area contributed by atoms with Gasteiger partial charge in [-0.15, -0.1) is 0 Å². The Bertz CT molecular complexity index is 638. The summed E-state index contributed by atoms with van der Waals surface area (Å²) in [6.07, 6.45) is -1.66. The van der Waals surface area contributed by atoms with Crippen LogP contribution in [0.25, 0.3) is 0 Å². The highest BCUT2D eigenvalue weighted by Crippen LogP contribution is 2.31. The van der Waals surface area contributed by atoms with E-state index in [1.165, 1.54) is 0 Å². The van der Waals surface area contributed by atoms with E-state index in [-0.39, 0.29) is 18.2 Å². The van der Waals surface area contributed by atoms with E-state index in [1.54, 1.807) is 0 Å². The fourth-order valence-corrected chi connectivity index (χ4v) is 2.66. The predicted octanol–water partition coefficient (Wildman–Crippen LogP) is 2.47. The molecular weight excluding hydrogens is 313 g/mol. The zero-order chi connectivity index (χ0) is 17.3. The molecule has 0 radical (unpaired) electrons. The number of carbonyl (C=O) groups is 1. The number of hydrogen-bond acceptors (Lipinski definition) is 3. The van der Waals surface area contributed by atoms with E-state index in [0.717, 1.165) is 25.5 Å². The summed E-state index contributed by atoms with van der Waals surface area (Å²) in [6, 6.07) is 0.384. The van der Waals surface area contributed by atoms with Gasteiger partial charge in [0.2, 0.25) is 5.56 Å². The molecule has 1 aliphatic heterocycles. The molecule has 1 atom stereocenters. The zero-order valence-corrected chi connectivity index (χ0v) is 12.9. The summed E-state index contributed by atoms with van der Waals surface area (Å²) >= 11 is 0. The largest absolute Gasteiger partial charge is 0.417 e. The number of alkyl halides is 3. The van der Waals surface area contributed by atoms with Crippen molar-refractivity contribution in [1.82, 2.24) is 10.3 Å². The third-order valence-corrected chi connectivity index (χ3v) is 3.76. The van der Waals surface area contributed by atoms with Crippen molar-refractivity contribution in [3.05, 3.63) is 33.7 Å². The van der Waals surface area contributed by atoms with Crippen LogP contribution in [0.15, 0.2) is 17.1 Å². The van der Waals surface area contributed by atoms with Gasteiger partial charge in [-0.1, -0.05) is 0 Å². The molecule has 1 aromatic rings. The second kappa shape index (κ2) is 6.35. The minimum absolute atomic E-state index is 0.124. The molecule has 8 heteroatoms. The number of nitrogens with one attached hydrogen (secondary N) is 2. The minimum Gasteiger partial charge on any atom is -0.371 e. The van der Waals surface area contributed by atoms with Crippen LogP contribution >= 0.6 is 0 Å². The fourth-order valence-electron chi connectivity index (χ4n) is 2.66. The highest BCUT2D eigenvalue weighted by Gasteiger charge is 2.36. The van der Waals surface area contributed by atoms with Gasteiger partial charge in [-0.25, -0.2) is 0 Å². The number of pyridine rings is 1. The van der Waals surface area contributed by atoms with Crippen molar-refractivity contribution in [2.75, 3.05) is 6.54 Å². The van der Waals surface area contributed by atoms with Crippen molar-refractivity contribution in [3.8, 4) is 0 Å². The predicted molar refractivity (Wildman–Crippen MR) is 77.2 cm³/mol. The zero-order valence-electron chi connectivity index (χ0n) is 12.9. The van der Waals surface area contributed by atoms with Gasteiger partial charge >= 0.3 is 6.18 Å². The molecule has 0 bridgehead atoms. The number of amides is 1. The Balaban J connectivity index is 2.08. The van der Waals surface area contributed by atoms with Gasteiger partial charge in [0.15, 0.2) is 0 Å². The van der Waals surface area contributed by atoms with E-state index in [2.05, 4.69) is 10.3 Å². The molecule has 1 aliphatic rings. The number of ether oxygens (including phenoxy) is 1. The van der Waals surface area contributed by atoms with E-state index < -0.39 is 28.8 Å². The van der Waals surface area contributed by atoms with Crippen molar-refractivity contribution in [2.45, 2.75) is 51.0 Å². The van der Waals surface area contributed by atoms with Crippen LogP contribution in [-0.2, 0) is 10.9 Å². The van der Waals surface area contributed by atoms with Gasteiger partial charge in [-0.2, -0.15) is 13.2 Å². The lowest BCUT2D eigenvalue weighted by Gasteiger charge is -2.36. The Labute approximate surface area is 131 Å². The molecule has 23 heavy (non-hydrogen) atoms. The lowest BCUT2D eigenvalue weighted by atomic mass is 9.95. The molecule has 0 spiro atoms. The third-order valence-electron chi connectivity index (χ3n) is 3.76. The van der Waals surface area contributed by atoms with Crippen LogP contribution in [-0.4, -0.2) is 29.1 Å². The van der Waals surface area contributed by atoms with Gasteiger partial charge in [0.25, 0.3) is 5.91 Å². The van der Waals surface area contributed by atoms with Crippen LogP contribution in [0.5, 0.6) is 0 Å². The number of aromatic amines is 1. The van der Waals surface area contributed by atoms with Gasteiger partial charge < -0.3 is 15.0 Å². The SMILES string of the molecule is CC1(C)CCCC(CNC(=O)c2c[nH]c(=O)cc2C(F)(F)F)O1. The summed E-state index contributed by atoms with van der Waals surface area (Å²) < 4.78 is 44.6. The Morgan fingerprint density at radius 3 is 2.78 bits per heavy atom. The number of aromatic nitrogens is 1. The van der Waals surface area contributed by atoms with Gasteiger partial charge in [-0.05, 0) is 33.1 Å². The first-order valence-corrected chi connectivity index (χ1v) is 7.34. The number of rotatable bonds is 3. The van der Waals surface area contributed by atoms with Crippen LogP contribution in [0.4, 0.5) is 13.2 Å². The standard InChI is InChI=1S/C15H19F3N2O3/c1-14(2)5-3-4-9(23-14)7-20-13(22)10-8-19-12(21)6-11(10)15(16,17)18/h6,8-9H,3-5,7H2,1-2H3,(H,19,21)(H,20,22). The Kier molecular flexibility index (Phi) is 4.84. The first-order chi connectivity index (χ1) is 10.6. The topological polar surface area (TPSA) is 71.2 Å². The van der Waals surface area contributed by atoms with E-state index in [4.69, 9.17) is 4.74 Å². The maximum Gasteiger partial charge on any atom is 0.417 e. The van der Waals surface area contributed by atoms with E-state index in [1.807, 2.05) is 13.8 Å². The molecule has 2 N–H and O–H groups in total. The fraction of sp³-hybridized carbons (Fsp3) is 0.600. The highest BCUT2D eigenvalue weighted by atomic mass is 19.4. The number of halogens is 3. The van der Waals surface area contributed by atoms with Crippen LogP contribution < -0.4 is 10.9 Å². The molecule has 1 saturated heterocycles. The van der Waals surface area contributed by atoms with E-state index in [9.17, 15) is 22.8 Å². The number of carbonyl (C=O) groups excluding carboxylic acids is 1. The summed E-state index contributed by atoms with van der Waals surface area (Å²) in [5, 5.41) is 2.45. The monoisotopic (exact) mass is 332 g/mol. The van der Waals surface area contributed by atoms with Gasteiger partial charge in [0, 0.05) is 18.8 Å². The molecule has 0 aliphatic carbocycles. The lowest BCUT2D eigenvalue weighted by Crippen LogP contribution is -2.42. The second-order valence-electron chi connectivity index (χ2n) is 6.22. The van der Waals surface area contributed by atoms with Crippen LogP contribution in [0.2, 0.25) is 0 Å². The Morgan fingerprint density at radius 2 is 2.17 bits per heavy atom. The third kappa shape index (κ3) is 4.57. The average Bonchev–Trinajstić information content (AvgIpc) is 2.42. The molecule has 128 valence electrons. The lowest BCUT2D eigenvalue weighted by molar-refractivity contribution is -0.138. The molecule has 5 nitrogen and oxygen atoms in total. The smallest absolute Gasteiger partial charge is 0.371 e. The molecule has 1 aromatic heterocycles. The Hall–Kier alpha value is -1.83. The van der Waals surface area contributed by atoms with Gasteiger partial charge in [0.05, 0.1) is 22.8 Å². The van der Waals surface area contributed by atoms with Gasteiger partial charge in [-0.3, -0.25) is 9.59 Å². The molecule has 1 amide bonds. The van der Waals surface area contributed by atoms with Crippen molar-refractivity contribution >= 4 is 5.91 Å². The summed E-state index contributed by atoms with van der Waals surface area (Å²) in [7, 11) is 0. The van der Waals surface area contributed by atoms with Crippen LogP contribution in [0.3, 0.4) is 0 Å². The van der Waals surface area contributed by atoms with Crippen LogP contribution in [0.1, 0.15) is 49.0 Å². The van der Waals surface area contributed by atoms with E-state index >= 15 is 0 Å².